The second-order valence-corrected chi connectivity index (χ2v) is 6.43. The maximum absolute atomic E-state index is 12.8. The number of hydrogen-bond acceptors (Lipinski definition) is 3. The van der Waals surface area contributed by atoms with Gasteiger partial charge in [0.15, 0.2) is 6.10 Å². The van der Waals surface area contributed by atoms with Crippen LogP contribution in [0.15, 0.2) is 84.9 Å². The molecule has 1 amide bonds. The smallest absolute Gasteiger partial charge is 0.261 e. The number of benzene rings is 3. The topological polar surface area (TPSA) is 47.6 Å². The van der Waals surface area contributed by atoms with Crippen molar-refractivity contribution in [3.8, 4) is 11.5 Å². The summed E-state index contributed by atoms with van der Waals surface area (Å²) in [6.07, 6.45) is -0.615. The number of carbonyl (C=O) groups is 1. The van der Waals surface area contributed by atoms with Crippen molar-refractivity contribution in [2.45, 2.75) is 26.0 Å². The van der Waals surface area contributed by atoms with Gasteiger partial charge in [-0.1, -0.05) is 60.7 Å². The van der Waals surface area contributed by atoms with Crippen LogP contribution in [-0.4, -0.2) is 18.6 Å². The Balaban J connectivity index is 1.78. The number of para-hydroxylation sites is 1. The van der Waals surface area contributed by atoms with Crippen molar-refractivity contribution in [1.29, 1.82) is 0 Å². The second kappa shape index (κ2) is 9.60. The van der Waals surface area contributed by atoms with Crippen molar-refractivity contribution >= 4 is 5.91 Å². The van der Waals surface area contributed by atoms with E-state index < -0.39 is 6.10 Å². The fourth-order valence-electron chi connectivity index (χ4n) is 2.94. The highest BCUT2D eigenvalue weighted by atomic mass is 16.5. The highest BCUT2D eigenvalue weighted by molar-refractivity contribution is 5.81. The van der Waals surface area contributed by atoms with Gasteiger partial charge in [0.05, 0.1) is 12.6 Å². The maximum Gasteiger partial charge on any atom is 0.261 e. The number of amides is 1. The van der Waals surface area contributed by atoms with Gasteiger partial charge in [-0.3, -0.25) is 4.79 Å². The molecule has 4 nitrogen and oxygen atoms in total. The molecule has 0 aliphatic carbocycles. The average molecular weight is 375 g/mol. The lowest BCUT2D eigenvalue weighted by Gasteiger charge is -2.23. The van der Waals surface area contributed by atoms with E-state index in [1.165, 1.54) is 0 Å². The van der Waals surface area contributed by atoms with E-state index in [2.05, 4.69) is 5.32 Å². The van der Waals surface area contributed by atoms with Crippen molar-refractivity contribution in [3.63, 3.8) is 0 Å². The van der Waals surface area contributed by atoms with E-state index in [1.54, 1.807) is 6.92 Å². The summed E-state index contributed by atoms with van der Waals surface area (Å²) in [7, 11) is 0. The van der Waals surface area contributed by atoms with Crippen LogP contribution in [0.1, 0.15) is 31.0 Å². The zero-order valence-corrected chi connectivity index (χ0v) is 16.2. The molecular weight excluding hydrogens is 350 g/mol. The lowest BCUT2D eigenvalue weighted by Crippen LogP contribution is -2.39. The lowest BCUT2D eigenvalue weighted by atomic mass is 9.98. The molecule has 4 heteroatoms. The first-order chi connectivity index (χ1) is 13.7. The van der Waals surface area contributed by atoms with Gasteiger partial charge in [-0.05, 0) is 49.2 Å². The van der Waals surface area contributed by atoms with Crippen LogP contribution in [0.2, 0.25) is 0 Å². The Bertz CT molecular complexity index is 863. The van der Waals surface area contributed by atoms with E-state index in [4.69, 9.17) is 9.47 Å². The third-order valence-electron chi connectivity index (χ3n) is 4.37. The van der Waals surface area contributed by atoms with E-state index in [-0.39, 0.29) is 11.9 Å². The molecule has 0 fully saturated rings. The number of hydrogen-bond donors (Lipinski definition) is 1. The average Bonchev–Trinajstić information content (AvgIpc) is 2.74. The van der Waals surface area contributed by atoms with Crippen molar-refractivity contribution < 1.29 is 14.3 Å². The monoisotopic (exact) mass is 375 g/mol. The van der Waals surface area contributed by atoms with Crippen molar-refractivity contribution in [2.75, 3.05) is 6.61 Å². The number of carbonyl (C=O) groups excluding carboxylic acids is 1. The summed E-state index contributed by atoms with van der Waals surface area (Å²) in [5.74, 6) is 1.30. The Kier molecular flexibility index (Phi) is 6.68. The molecule has 0 aliphatic heterocycles. The molecule has 3 aromatic carbocycles. The molecule has 28 heavy (non-hydrogen) atoms. The van der Waals surface area contributed by atoms with Crippen molar-refractivity contribution in [2.24, 2.45) is 0 Å². The number of ether oxygens (including phenoxy) is 2. The third-order valence-corrected chi connectivity index (χ3v) is 4.37. The summed E-state index contributed by atoms with van der Waals surface area (Å²) >= 11 is 0. The summed E-state index contributed by atoms with van der Waals surface area (Å²) in [5, 5.41) is 3.12. The van der Waals surface area contributed by atoms with Gasteiger partial charge in [0.1, 0.15) is 11.5 Å². The summed E-state index contributed by atoms with van der Waals surface area (Å²) in [6.45, 7) is 4.32. The van der Waals surface area contributed by atoms with E-state index >= 15 is 0 Å². The molecule has 3 rings (SSSR count). The summed E-state index contributed by atoms with van der Waals surface area (Å²) in [5.41, 5.74) is 1.99. The molecule has 1 N–H and O–H groups in total. The Morgan fingerprint density at radius 3 is 2.00 bits per heavy atom. The molecule has 2 unspecified atom stereocenters. The SMILES string of the molecule is CCOc1ccc(C(NC(=O)C(C)Oc2ccccc2)c2ccccc2)cc1. The van der Waals surface area contributed by atoms with Crippen LogP contribution in [0.25, 0.3) is 0 Å². The van der Waals surface area contributed by atoms with Gasteiger partial charge in [0.2, 0.25) is 0 Å². The van der Waals surface area contributed by atoms with Gasteiger partial charge in [-0.2, -0.15) is 0 Å². The number of rotatable bonds is 8. The van der Waals surface area contributed by atoms with Gasteiger partial charge >= 0.3 is 0 Å². The summed E-state index contributed by atoms with van der Waals surface area (Å²) in [4.78, 5) is 12.8. The molecule has 0 aromatic heterocycles. The largest absolute Gasteiger partial charge is 0.494 e. The lowest BCUT2D eigenvalue weighted by molar-refractivity contribution is -0.127. The third kappa shape index (κ3) is 5.13. The first-order valence-corrected chi connectivity index (χ1v) is 9.47. The van der Waals surface area contributed by atoms with Crippen LogP contribution in [0.3, 0.4) is 0 Å². The van der Waals surface area contributed by atoms with E-state index in [9.17, 15) is 4.79 Å². The van der Waals surface area contributed by atoms with Crippen LogP contribution < -0.4 is 14.8 Å². The zero-order chi connectivity index (χ0) is 19.8. The quantitative estimate of drug-likeness (QED) is 0.618. The van der Waals surface area contributed by atoms with Gasteiger partial charge in [0, 0.05) is 0 Å². The molecule has 144 valence electrons. The predicted molar refractivity (Wildman–Crippen MR) is 111 cm³/mol. The first-order valence-electron chi connectivity index (χ1n) is 9.47. The molecule has 0 radical (unpaired) electrons. The van der Waals surface area contributed by atoms with Gasteiger partial charge in [-0.15, -0.1) is 0 Å². The molecule has 0 heterocycles. The van der Waals surface area contributed by atoms with Crippen LogP contribution in [0.5, 0.6) is 11.5 Å². The summed E-state index contributed by atoms with van der Waals surface area (Å²) < 4.78 is 11.3. The van der Waals surface area contributed by atoms with E-state index in [0.29, 0.717) is 12.4 Å². The second-order valence-electron chi connectivity index (χ2n) is 6.43. The molecule has 0 bridgehead atoms. The molecular formula is C24H25NO3. The molecule has 0 aliphatic rings. The normalized spacial score (nSPS) is 12.6. The van der Waals surface area contributed by atoms with Crippen LogP contribution in [-0.2, 0) is 4.79 Å². The van der Waals surface area contributed by atoms with Gasteiger partial charge < -0.3 is 14.8 Å². The minimum atomic E-state index is -0.615. The first kappa shape index (κ1) is 19.5. The fraction of sp³-hybridized carbons (Fsp3) is 0.208. The van der Waals surface area contributed by atoms with Crippen molar-refractivity contribution in [3.05, 3.63) is 96.1 Å². The van der Waals surface area contributed by atoms with Gasteiger partial charge in [-0.25, -0.2) is 0 Å². The molecule has 2 atom stereocenters. The Morgan fingerprint density at radius 2 is 1.39 bits per heavy atom. The van der Waals surface area contributed by atoms with Crippen LogP contribution in [0, 0.1) is 0 Å². The highest BCUT2D eigenvalue weighted by Crippen LogP contribution is 2.24. The van der Waals surface area contributed by atoms with Gasteiger partial charge in [0.25, 0.3) is 5.91 Å². The Labute approximate surface area is 166 Å². The minimum absolute atomic E-state index is 0.174. The minimum Gasteiger partial charge on any atom is -0.494 e. The molecule has 0 saturated carbocycles. The molecule has 0 spiro atoms. The number of nitrogens with one attached hydrogen (secondary N) is 1. The van der Waals surface area contributed by atoms with Crippen molar-refractivity contribution in [1.82, 2.24) is 5.32 Å². The standard InChI is InChI=1S/C24H25NO3/c1-3-27-21-16-14-20(15-17-21)23(19-10-6-4-7-11-19)25-24(26)18(2)28-22-12-8-5-9-13-22/h4-18,23H,3H2,1-2H3,(H,25,26). The summed E-state index contributed by atoms with van der Waals surface area (Å²) in [6, 6.07) is 26.8. The Morgan fingerprint density at radius 1 is 0.821 bits per heavy atom. The highest BCUT2D eigenvalue weighted by Gasteiger charge is 2.21. The van der Waals surface area contributed by atoms with Crippen LogP contribution in [0.4, 0.5) is 0 Å². The molecule has 0 saturated heterocycles. The van der Waals surface area contributed by atoms with E-state index in [1.807, 2.05) is 91.9 Å². The predicted octanol–water partition coefficient (Wildman–Crippen LogP) is 4.76. The Hall–Kier alpha value is -3.27. The molecule has 3 aromatic rings. The fourth-order valence-corrected chi connectivity index (χ4v) is 2.94. The maximum atomic E-state index is 12.8. The zero-order valence-electron chi connectivity index (χ0n) is 16.2. The van der Waals surface area contributed by atoms with Crippen LogP contribution >= 0.6 is 0 Å². The van der Waals surface area contributed by atoms with E-state index in [0.717, 1.165) is 16.9 Å².